The van der Waals surface area contributed by atoms with Gasteiger partial charge in [0.2, 0.25) is 5.96 Å². The highest BCUT2D eigenvalue weighted by molar-refractivity contribution is 6.32. The van der Waals surface area contributed by atoms with E-state index in [1.165, 1.54) is 19.3 Å². The van der Waals surface area contributed by atoms with Gasteiger partial charge in [-0.3, -0.25) is 4.90 Å². The Morgan fingerprint density at radius 1 is 1.17 bits per heavy atom. The zero-order chi connectivity index (χ0) is 16.7. The summed E-state index contributed by atoms with van der Waals surface area (Å²) in [5.74, 6) is 0.456. The lowest BCUT2D eigenvalue weighted by atomic mass is 10.1. The number of piperidine rings is 1. The maximum absolute atomic E-state index is 6.21. The average molecular weight is 339 g/mol. The molecule has 1 saturated heterocycles. The fourth-order valence-electron chi connectivity index (χ4n) is 2.43. The molecule has 0 bridgehead atoms. The quantitative estimate of drug-likeness (QED) is 0.554. The lowest BCUT2D eigenvalue weighted by Crippen LogP contribution is -2.33. The van der Waals surface area contributed by atoms with Crippen molar-refractivity contribution in [2.75, 3.05) is 26.2 Å². The molecule has 1 heterocycles. The van der Waals surface area contributed by atoms with Crippen LogP contribution < -0.4 is 21.9 Å². The molecule has 0 aliphatic carbocycles. The Hall–Kier alpha value is -1.99. The minimum absolute atomic E-state index is 0.0279. The van der Waals surface area contributed by atoms with Crippen LogP contribution in [0.4, 0.5) is 5.69 Å². The van der Waals surface area contributed by atoms with Crippen molar-refractivity contribution in [2.24, 2.45) is 27.2 Å². The summed E-state index contributed by atoms with van der Waals surface area (Å²) in [6, 6.07) is 5.17. The third kappa shape index (κ3) is 5.96. The Kier molecular flexibility index (Phi) is 6.49. The van der Waals surface area contributed by atoms with Gasteiger partial charge in [0.15, 0.2) is 5.96 Å². The summed E-state index contributed by atoms with van der Waals surface area (Å²) in [5, 5.41) is 0.474. The minimum atomic E-state index is -0.144. The zero-order valence-electron chi connectivity index (χ0n) is 13.0. The van der Waals surface area contributed by atoms with Gasteiger partial charge in [-0.15, -0.1) is 0 Å². The molecular formula is C15H23ClN6O. The van der Waals surface area contributed by atoms with Crippen molar-refractivity contribution in [1.82, 2.24) is 4.90 Å². The fourth-order valence-corrected chi connectivity index (χ4v) is 2.66. The molecule has 1 aromatic carbocycles. The van der Waals surface area contributed by atoms with Crippen molar-refractivity contribution in [2.45, 2.75) is 19.3 Å². The van der Waals surface area contributed by atoms with E-state index in [2.05, 4.69) is 14.9 Å². The topological polar surface area (TPSA) is 115 Å². The predicted octanol–water partition coefficient (Wildman–Crippen LogP) is 1.42. The third-order valence-corrected chi connectivity index (χ3v) is 3.81. The highest BCUT2D eigenvalue weighted by atomic mass is 35.5. The number of aliphatic imine (C=N–C) groups is 2. The lowest BCUT2D eigenvalue weighted by molar-refractivity contribution is 0.183. The third-order valence-electron chi connectivity index (χ3n) is 3.52. The molecule has 0 spiro atoms. The van der Waals surface area contributed by atoms with Crippen LogP contribution in [0.25, 0.3) is 0 Å². The molecule has 6 N–H and O–H groups in total. The van der Waals surface area contributed by atoms with Crippen LogP contribution in [0.3, 0.4) is 0 Å². The maximum Gasteiger partial charge on any atom is 0.223 e. The minimum Gasteiger partial charge on any atom is -0.491 e. The van der Waals surface area contributed by atoms with Crippen molar-refractivity contribution in [1.29, 1.82) is 0 Å². The number of hydrogen-bond donors (Lipinski definition) is 3. The van der Waals surface area contributed by atoms with Gasteiger partial charge in [0.25, 0.3) is 0 Å². The van der Waals surface area contributed by atoms with Crippen LogP contribution in [-0.4, -0.2) is 43.1 Å². The van der Waals surface area contributed by atoms with E-state index in [0.29, 0.717) is 23.1 Å². The molecule has 0 amide bonds. The summed E-state index contributed by atoms with van der Waals surface area (Å²) in [6.07, 6.45) is 3.86. The number of halogens is 1. The van der Waals surface area contributed by atoms with E-state index in [1.54, 1.807) is 18.2 Å². The van der Waals surface area contributed by atoms with Gasteiger partial charge >= 0.3 is 0 Å². The highest BCUT2D eigenvalue weighted by Crippen LogP contribution is 2.29. The number of guanidine groups is 2. The highest BCUT2D eigenvalue weighted by Gasteiger charge is 2.10. The normalized spacial score (nSPS) is 16.1. The molecule has 1 aromatic rings. The first kappa shape index (κ1) is 17.4. The molecule has 126 valence electrons. The number of ether oxygens (including phenoxy) is 1. The SMILES string of the molecule is NC(N)=NC(N)=Nc1ccc(OCCN2CCCCC2)c(Cl)c1. The lowest BCUT2D eigenvalue weighted by Gasteiger charge is -2.26. The van der Waals surface area contributed by atoms with Gasteiger partial charge in [-0.2, -0.15) is 4.99 Å². The second kappa shape index (κ2) is 8.59. The second-order valence-electron chi connectivity index (χ2n) is 5.37. The first-order valence-corrected chi connectivity index (χ1v) is 8.01. The summed E-state index contributed by atoms with van der Waals surface area (Å²) < 4.78 is 5.74. The van der Waals surface area contributed by atoms with E-state index >= 15 is 0 Å². The summed E-state index contributed by atoms with van der Waals surface area (Å²) in [7, 11) is 0. The summed E-state index contributed by atoms with van der Waals surface area (Å²) in [6.45, 7) is 3.82. The first-order chi connectivity index (χ1) is 11.0. The Morgan fingerprint density at radius 2 is 1.91 bits per heavy atom. The van der Waals surface area contributed by atoms with Crippen molar-refractivity contribution < 1.29 is 4.74 Å². The Bertz CT molecular complexity index is 579. The Balaban J connectivity index is 1.90. The smallest absolute Gasteiger partial charge is 0.223 e. The molecular weight excluding hydrogens is 316 g/mol. The number of nitrogens with two attached hydrogens (primary N) is 3. The number of hydrogen-bond acceptors (Lipinski definition) is 3. The molecule has 8 heteroatoms. The van der Waals surface area contributed by atoms with E-state index in [0.717, 1.165) is 19.6 Å². The Morgan fingerprint density at radius 3 is 2.57 bits per heavy atom. The monoisotopic (exact) mass is 338 g/mol. The van der Waals surface area contributed by atoms with E-state index in [9.17, 15) is 0 Å². The summed E-state index contributed by atoms with van der Waals surface area (Å²) in [5.41, 5.74) is 16.6. The van der Waals surface area contributed by atoms with Gasteiger partial charge in [0.05, 0.1) is 10.7 Å². The zero-order valence-corrected chi connectivity index (χ0v) is 13.8. The van der Waals surface area contributed by atoms with E-state index in [1.807, 2.05) is 0 Å². The van der Waals surface area contributed by atoms with E-state index in [4.69, 9.17) is 33.5 Å². The van der Waals surface area contributed by atoms with Crippen molar-refractivity contribution >= 4 is 29.2 Å². The predicted molar refractivity (Wildman–Crippen MR) is 94.3 cm³/mol. The largest absolute Gasteiger partial charge is 0.491 e. The van der Waals surface area contributed by atoms with Crippen LogP contribution in [0, 0.1) is 0 Å². The standard InChI is InChI=1S/C15H23ClN6O/c16-12-10-11(20-15(19)21-14(17)18)4-5-13(12)23-9-8-22-6-2-1-3-7-22/h4-5,10H,1-3,6-9H2,(H6,17,18,19,20,21). The van der Waals surface area contributed by atoms with E-state index in [-0.39, 0.29) is 11.9 Å². The molecule has 0 atom stereocenters. The summed E-state index contributed by atoms with van der Waals surface area (Å²) >= 11 is 6.21. The number of likely N-dealkylation sites (tertiary alicyclic amines) is 1. The van der Waals surface area contributed by atoms with Gasteiger partial charge in [0, 0.05) is 6.54 Å². The average Bonchev–Trinajstić information content (AvgIpc) is 2.49. The van der Waals surface area contributed by atoms with Crippen LogP contribution in [0.2, 0.25) is 5.02 Å². The van der Waals surface area contributed by atoms with Gasteiger partial charge in [0.1, 0.15) is 12.4 Å². The van der Waals surface area contributed by atoms with Crippen molar-refractivity contribution in [3.63, 3.8) is 0 Å². The van der Waals surface area contributed by atoms with Crippen LogP contribution in [-0.2, 0) is 0 Å². The number of nitrogens with zero attached hydrogens (tertiary/aromatic N) is 3. The van der Waals surface area contributed by atoms with Gasteiger partial charge in [-0.05, 0) is 44.1 Å². The summed E-state index contributed by atoms with van der Waals surface area (Å²) in [4.78, 5) is 10.1. The molecule has 0 aromatic heterocycles. The fraction of sp³-hybridized carbons (Fsp3) is 0.467. The van der Waals surface area contributed by atoms with Crippen LogP contribution >= 0.6 is 11.6 Å². The molecule has 2 rings (SSSR count). The van der Waals surface area contributed by atoms with Gasteiger partial charge < -0.3 is 21.9 Å². The molecule has 23 heavy (non-hydrogen) atoms. The van der Waals surface area contributed by atoms with Crippen molar-refractivity contribution in [3.05, 3.63) is 23.2 Å². The molecule has 1 aliphatic heterocycles. The number of rotatable bonds is 5. The molecule has 0 radical (unpaired) electrons. The number of benzene rings is 1. The van der Waals surface area contributed by atoms with Gasteiger partial charge in [-0.25, -0.2) is 4.99 Å². The molecule has 0 saturated carbocycles. The molecule has 1 aliphatic rings. The van der Waals surface area contributed by atoms with Crippen LogP contribution in [0.15, 0.2) is 28.2 Å². The first-order valence-electron chi connectivity index (χ1n) is 7.63. The second-order valence-corrected chi connectivity index (χ2v) is 5.78. The molecule has 1 fully saturated rings. The Labute approximate surface area is 141 Å². The van der Waals surface area contributed by atoms with Crippen LogP contribution in [0.1, 0.15) is 19.3 Å². The van der Waals surface area contributed by atoms with E-state index < -0.39 is 0 Å². The van der Waals surface area contributed by atoms with Gasteiger partial charge in [-0.1, -0.05) is 18.0 Å². The van der Waals surface area contributed by atoms with Crippen LogP contribution in [0.5, 0.6) is 5.75 Å². The van der Waals surface area contributed by atoms with Crippen molar-refractivity contribution in [3.8, 4) is 5.75 Å². The molecule has 0 unspecified atom stereocenters. The molecule has 7 nitrogen and oxygen atoms in total. The maximum atomic E-state index is 6.21.